The summed E-state index contributed by atoms with van der Waals surface area (Å²) < 4.78 is 3.99. The van der Waals surface area contributed by atoms with Crippen LogP contribution in [0.4, 0.5) is 5.69 Å². The number of imide groups is 1. The number of hydrogen-bond donors (Lipinski definition) is 2. The van der Waals surface area contributed by atoms with Gasteiger partial charge in [0.1, 0.15) is 5.75 Å². The predicted molar refractivity (Wildman–Crippen MR) is 193 cm³/mol. The van der Waals surface area contributed by atoms with Crippen LogP contribution in [0.5, 0.6) is 5.75 Å². The van der Waals surface area contributed by atoms with E-state index in [1.54, 1.807) is 24.3 Å². The number of amides is 2. The molecular weight excluding hydrogens is 642 g/mol. The number of fused-ring (bicyclic) bond motifs is 5. The SMILES string of the molecule is Cc1ccc(NN2C(=O)C3CC4C(=CCn5c(=O)n(-c6ccccc6)c(=O)n54)C(c4ccc5ccccc5c4O)C3(c3ccccc3)C2=O)cc1. The minimum absolute atomic E-state index is 0.00364. The first-order valence-electron chi connectivity index (χ1n) is 17.0. The van der Waals surface area contributed by atoms with E-state index in [-0.39, 0.29) is 18.7 Å². The molecule has 2 N–H and O–H groups in total. The van der Waals surface area contributed by atoms with Crippen molar-refractivity contribution in [1.82, 2.24) is 18.9 Å². The number of carbonyl (C=O) groups is 2. The molecule has 4 atom stereocenters. The molecular formula is C41H33N5O5. The van der Waals surface area contributed by atoms with Crippen molar-refractivity contribution in [2.24, 2.45) is 5.92 Å². The maximum absolute atomic E-state index is 15.3. The van der Waals surface area contributed by atoms with Gasteiger partial charge in [0.05, 0.1) is 35.3 Å². The lowest BCUT2D eigenvalue weighted by atomic mass is 9.53. The summed E-state index contributed by atoms with van der Waals surface area (Å²) in [6, 6.07) is 35.8. The van der Waals surface area contributed by atoms with Gasteiger partial charge in [0.25, 0.3) is 11.8 Å². The largest absolute Gasteiger partial charge is 0.507 e. The van der Waals surface area contributed by atoms with Crippen LogP contribution in [0.25, 0.3) is 16.5 Å². The van der Waals surface area contributed by atoms with Gasteiger partial charge in [-0.2, -0.15) is 5.01 Å². The maximum Gasteiger partial charge on any atom is 0.352 e. The van der Waals surface area contributed by atoms with Crippen LogP contribution < -0.4 is 16.8 Å². The Kier molecular flexibility index (Phi) is 6.79. The van der Waals surface area contributed by atoms with Crippen LogP contribution in [-0.4, -0.2) is 35.9 Å². The van der Waals surface area contributed by atoms with E-state index in [1.165, 1.54) is 9.36 Å². The lowest BCUT2D eigenvalue weighted by Crippen LogP contribution is -2.53. The van der Waals surface area contributed by atoms with Crippen LogP contribution in [0.15, 0.2) is 143 Å². The number of phenols is 1. The normalized spacial score (nSPS) is 22.3. The number of hydrogen-bond acceptors (Lipinski definition) is 6. The number of hydrazine groups is 1. The molecule has 2 aliphatic heterocycles. The minimum Gasteiger partial charge on any atom is -0.507 e. The van der Waals surface area contributed by atoms with Gasteiger partial charge in [-0.25, -0.2) is 23.5 Å². The zero-order valence-electron chi connectivity index (χ0n) is 27.6. The summed E-state index contributed by atoms with van der Waals surface area (Å²) in [4.78, 5) is 58.4. The predicted octanol–water partition coefficient (Wildman–Crippen LogP) is 5.59. The molecule has 5 aromatic carbocycles. The molecule has 51 heavy (non-hydrogen) atoms. The summed E-state index contributed by atoms with van der Waals surface area (Å²) >= 11 is 0. The molecule has 1 saturated heterocycles. The standard InChI is InChI=1S/C41H33N5O5/c1-25-16-19-28(20-17-25)42-45-37(48)33-24-34-31(22-23-43-39(50)44(40(51)46(34)43)29-13-6-3-7-14-29)35(41(33,38(45)49)27-11-4-2-5-12-27)32-21-18-26-10-8-9-15-30(26)36(32)47/h2-22,33-35,42,47H,23-24H2,1H3. The molecule has 10 heteroatoms. The number of allylic oxidation sites excluding steroid dienone is 2. The highest BCUT2D eigenvalue weighted by molar-refractivity contribution is 6.13. The highest BCUT2D eigenvalue weighted by atomic mass is 16.3. The van der Waals surface area contributed by atoms with Crippen LogP contribution in [0.2, 0.25) is 0 Å². The Hall–Kier alpha value is -6.42. The van der Waals surface area contributed by atoms with Crippen molar-refractivity contribution < 1.29 is 14.7 Å². The lowest BCUT2D eigenvalue weighted by Gasteiger charge is -2.49. The van der Waals surface area contributed by atoms with E-state index in [0.717, 1.165) is 20.5 Å². The van der Waals surface area contributed by atoms with Gasteiger partial charge in [0.2, 0.25) is 0 Å². The molecule has 2 fully saturated rings. The van der Waals surface area contributed by atoms with Crippen molar-refractivity contribution in [2.45, 2.75) is 37.3 Å². The van der Waals surface area contributed by atoms with Crippen LogP contribution in [0.3, 0.4) is 0 Å². The van der Waals surface area contributed by atoms with Gasteiger partial charge in [-0.1, -0.05) is 109 Å². The molecule has 1 aromatic heterocycles. The third-order valence-corrected chi connectivity index (χ3v) is 10.9. The molecule has 3 aliphatic rings. The number of rotatable bonds is 5. The number of nitrogens with zero attached hydrogens (tertiary/aromatic N) is 4. The van der Waals surface area contributed by atoms with Crippen molar-refractivity contribution in [3.05, 3.63) is 171 Å². The van der Waals surface area contributed by atoms with Crippen molar-refractivity contribution in [2.75, 3.05) is 5.43 Å². The molecule has 0 bridgehead atoms. The third-order valence-electron chi connectivity index (χ3n) is 10.9. The van der Waals surface area contributed by atoms with E-state index < -0.39 is 46.5 Å². The molecule has 2 amide bonds. The van der Waals surface area contributed by atoms with Crippen LogP contribution in [-0.2, 0) is 21.5 Å². The second-order valence-electron chi connectivity index (χ2n) is 13.5. The summed E-state index contributed by atoms with van der Waals surface area (Å²) in [6.07, 6.45) is 1.97. The molecule has 1 saturated carbocycles. The van der Waals surface area contributed by atoms with Crippen molar-refractivity contribution in [3.63, 3.8) is 0 Å². The number of anilines is 1. The summed E-state index contributed by atoms with van der Waals surface area (Å²) in [5.41, 5.74) is 4.35. The van der Waals surface area contributed by atoms with Crippen LogP contribution in [0.1, 0.15) is 35.1 Å². The Morgan fingerprint density at radius 1 is 0.765 bits per heavy atom. The zero-order valence-corrected chi connectivity index (χ0v) is 27.6. The number of aryl methyl sites for hydroxylation is 1. The van der Waals surface area contributed by atoms with Gasteiger partial charge in [-0.05, 0) is 54.1 Å². The molecule has 252 valence electrons. The summed E-state index contributed by atoms with van der Waals surface area (Å²) in [6.45, 7) is 2.02. The number of para-hydroxylation sites is 1. The average molecular weight is 676 g/mol. The number of aromatic hydroxyl groups is 1. The third kappa shape index (κ3) is 4.29. The van der Waals surface area contributed by atoms with Gasteiger partial charge in [0, 0.05) is 16.9 Å². The fraction of sp³-hybridized carbons (Fsp3) is 0.171. The number of carbonyl (C=O) groups excluding carboxylic acids is 2. The molecule has 0 spiro atoms. The van der Waals surface area contributed by atoms with E-state index >= 15 is 4.79 Å². The summed E-state index contributed by atoms with van der Waals surface area (Å²) in [5, 5.41) is 14.6. The fourth-order valence-electron chi connectivity index (χ4n) is 8.66. The van der Waals surface area contributed by atoms with E-state index in [9.17, 15) is 19.5 Å². The molecule has 9 rings (SSSR count). The molecule has 4 unspecified atom stereocenters. The quantitative estimate of drug-likeness (QED) is 0.182. The van der Waals surface area contributed by atoms with Crippen LogP contribution >= 0.6 is 0 Å². The van der Waals surface area contributed by atoms with Gasteiger partial charge in [-0.3, -0.25) is 15.0 Å². The second-order valence-corrected chi connectivity index (χ2v) is 13.5. The first kappa shape index (κ1) is 30.6. The van der Waals surface area contributed by atoms with Gasteiger partial charge in [0.15, 0.2) is 0 Å². The monoisotopic (exact) mass is 675 g/mol. The Morgan fingerprint density at radius 3 is 2.20 bits per heavy atom. The molecule has 0 radical (unpaired) electrons. The smallest absolute Gasteiger partial charge is 0.352 e. The Balaban J connectivity index is 1.32. The van der Waals surface area contributed by atoms with Gasteiger partial charge < -0.3 is 5.11 Å². The molecule has 6 aromatic rings. The van der Waals surface area contributed by atoms with Gasteiger partial charge in [-0.15, -0.1) is 0 Å². The molecule has 1 aliphatic carbocycles. The number of benzene rings is 5. The Bertz CT molecular complexity index is 2530. The van der Waals surface area contributed by atoms with E-state index in [1.807, 2.05) is 110 Å². The van der Waals surface area contributed by atoms with Crippen molar-refractivity contribution >= 4 is 28.3 Å². The first-order chi connectivity index (χ1) is 24.8. The van der Waals surface area contributed by atoms with Crippen LogP contribution in [0, 0.1) is 12.8 Å². The number of aromatic nitrogens is 3. The zero-order chi connectivity index (χ0) is 35.0. The van der Waals surface area contributed by atoms with Gasteiger partial charge >= 0.3 is 11.4 Å². The fourth-order valence-corrected chi connectivity index (χ4v) is 8.66. The lowest BCUT2D eigenvalue weighted by molar-refractivity contribution is -0.138. The number of nitrogens with one attached hydrogen (secondary N) is 1. The van der Waals surface area contributed by atoms with E-state index in [4.69, 9.17) is 0 Å². The summed E-state index contributed by atoms with van der Waals surface area (Å²) in [7, 11) is 0. The highest BCUT2D eigenvalue weighted by Crippen LogP contribution is 2.63. The Morgan fingerprint density at radius 2 is 1.45 bits per heavy atom. The highest BCUT2D eigenvalue weighted by Gasteiger charge is 2.69. The Labute approximate surface area is 292 Å². The molecule has 10 nitrogen and oxygen atoms in total. The second kappa shape index (κ2) is 11.3. The first-order valence-corrected chi connectivity index (χ1v) is 17.0. The van der Waals surface area contributed by atoms with Crippen molar-refractivity contribution in [1.29, 1.82) is 0 Å². The van der Waals surface area contributed by atoms with E-state index in [2.05, 4.69) is 5.43 Å². The minimum atomic E-state index is -1.51. The number of phenolic OH excluding ortho intramolecular Hbond substituents is 1. The average Bonchev–Trinajstić information content (AvgIpc) is 3.54. The molecule has 3 heterocycles. The topological polar surface area (TPSA) is 119 Å². The maximum atomic E-state index is 15.3. The summed E-state index contributed by atoms with van der Waals surface area (Å²) in [5.74, 6) is -2.78. The van der Waals surface area contributed by atoms with E-state index in [0.29, 0.717) is 33.5 Å². The van der Waals surface area contributed by atoms with Crippen molar-refractivity contribution in [3.8, 4) is 11.4 Å².